The van der Waals surface area contributed by atoms with Gasteiger partial charge in [-0.25, -0.2) is 4.99 Å². The molecule has 2 rings (SSSR count). The van der Waals surface area contributed by atoms with Crippen molar-refractivity contribution in [1.29, 1.82) is 5.26 Å². The third-order valence-electron chi connectivity index (χ3n) is 1.81. The standard InChI is InChI=1S/C9H7N3/c10-6-11-9-5-7-3-1-2-4-8(7)12-9/h1-4H,5H2,(H,11,12). The summed E-state index contributed by atoms with van der Waals surface area (Å²) in [5.41, 5.74) is 2.14. The van der Waals surface area contributed by atoms with Crippen LogP contribution >= 0.6 is 0 Å². The van der Waals surface area contributed by atoms with Crippen molar-refractivity contribution >= 4 is 11.5 Å². The zero-order chi connectivity index (χ0) is 8.39. The first-order valence-corrected chi connectivity index (χ1v) is 3.71. The number of amidine groups is 1. The summed E-state index contributed by atoms with van der Waals surface area (Å²) < 4.78 is 0. The topological polar surface area (TPSA) is 48.2 Å². The number of rotatable bonds is 0. The summed E-state index contributed by atoms with van der Waals surface area (Å²) in [7, 11) is 0. The highest BCUT2D eigenvalue weighted by atomic mass is 15.0. The van der Waals surface area contributed by atoms with E-state index in [0.29, 0.717) is 0 Å². The van der Waals surface area contributed by atoms with Crippen molar-refractivity contribution in [3.05, 3.63) is 29.8 Å². The summed E-state index contributed by atoms with van der Waals surface area (Å²) in [6.07, 6.45) is 2.60. The van der Waals surface area contributed by atoms with Gasteiger partial charge >= 0.3 is 0 Å². The van der Waals surface area contributed by atoms with Crippen molar-refractivity contribution in [2.24, 2.45) is 4.99 Å². The first-order valence-electron chi connectivity index (χ1n) is 3.71. The molecule has 1 heterocycles. The Balaban J connectivity index is 2.30. The summed E-state index contributed by atoms with van der Waals surface area (Å²) in [6, 6.07) is 7.88. The van der Waals surface area contributed by atoms with Crippen LogP contribution in [-0.4, -0.2) is 5.84 Å². The maximum Gasteiger partial charge on any atom is 0.182 e. The molecule has 1 aliphatic rings. The van der Waals surface area contributed by atoms with Crippen molar-refractivity contribution < 1.29 is 0 Å². The van der Waals surface area contributed by atoms with Crippen LogP contribution in [0, 0.1) is 11.5 Å². The van der Waals surface area contributed by atoms with Gasteiger partial charge in [-0.15, -0.1) is 0 Å². The number of nitriles is 1. The summed E-state index contributed by atoms with van der Waals surface area (Å²) >= 11 is 0. The SMILES string of the molecule is N#CNC1=Nc2ccccc2C1. The van der Waals surface area contributed by atoms with Gasteiger partial charge in [-0.2, -0.15) is 5.26 Å². The molecule has 1 aromatic rings. The van der Waals surface area contributed by atoms with Crippen molar-refractivity contribution in [3.63, 3.8) is 0 Å². The number of nitrogens with one attached hydrogen (secondary N) is 1. The molecule has 1 aliphatic heterocycles. The highest BCUT2D eigenvalue weighted by Crippen LogP contribution is 2.24. The van der Waals surface area contributed by atoms with E-state index in [-0.39, 0.29) is 0 Å². The van der Waals surface area contributed by atoms with Gasteiger partial charge in [0.1, 0.15) is 5.84 Å². The molecule has 0 saturated carbocycles. The molecule has 1 aromatic carbocycles. The fraction of sp³-hybridized carbons (Fsp3) is 0.111. The highest BCUT2D eigenvalue weighted by Gasteiger charge is 2.12. The lowest BCUT2D eigenvalue weighted by Crippen LogP contribution is -2.16. The van der Waals surface area contributed by atoms with Crippen molar-refractivity contribution in [2.75, 3.05) is 0 Å². The molecular weight excluding hydrogens is 150 g/mol. The molecular formula is C9H7N3. The van der Waals surface area contributed by atoms with Crippen LogP contribution in [0.25, 0.3) is 0 Å². The van der Waals surface area contributed by atoms with Crippen molar-refractivity contribution in [2.45, 2.75) is 6.42 Å². The Bertz CT molecular complexity index is 374. The van der Waals surface area contributed by atoms with E-state index in [1.807, 2.05) is 30.5 Å². The van der Waals surface area contributed by atoms with E-state index in [9.17, 15) is 0 Å². The summed E-state index contributed by atoms with van der Waals surface area (Å²) in [6.45, 7) is 0. The van der Waals surface area contributed by atoms with Crippen LogP contribution in [0.4, 0.5) is 5.69 Å². The van der Waals surface area contributed by atoms with Gasteiger partial charge in [0, 0.05) is 6.42 Å². The average Bonchev–Trinajstić information content (AvgIpc) is 2.47. The van der Waals surface area contributed by atoms with E-state index in [1.165, 1.54) is 5.56 Å². The van der Waals surface area contributed by atoms with Gasteiger partial charge in [-0.05, 0) is 11.6 Å². The minimum absolute atomic E-state index is 0.735. The maximum atomic E-state index is 8.36. The van der Waals surface area contributed by atoms with Crippen LogP contribution < -0.4 is 5.32 Å². The molecule has 0 bridgehead atoms. The van der Waals surface area contributed by atoms with Crippen LogP contribution in [-0.2, 0) is 6.42 Å². The van der Waals surface area contributed by atoms with Crippen LogP contribution in [0.5, 0.6) is 0 Å². The molecule has 12 heavy (non-hydrogen) atoms. The molecule has 0 radical (unpaired) electrons. The van der Waals surface area contributed by atoms with Crippen LogP contribution in [0.15, 0.2) is 29.3 Å². The lowest BCUT2D eigenvalue weighted by Gasteiger charge is -1.92. The van der Waals surface area contributed by atoms with Gasteiger partial charge < -0.3 is 0 Å². The third-order valence-corrected chi connectivity index (χ3v) is 1.81. The number of nitrogens with zero attached hydrogens (tertiary/aromatic N) is 2. The Morgan fingerprint density at radius 2 is 2.25 bits per heavy atom. The number of hydrogen-bond acceptors (Lipinski definition) is 3. The number of fused-ring (bicyclic) bond motifs is 1. The van der Waals surface area contributed by atoms with E-state index in [4.69, 9.17) is 5.26 Å². The smallest absolute Gasteiger partial charge is 0.182 e. The minimum atomic E-state index is 0.735. The van der Waals surface area contributed by atoms with Gasteiger partial charge in [0.15, 0.2) is 6.19 Å². The van der Waals surface area contributed by atoms with Gasteiger partial charge in [0.05, 0.1) is 5.69 Å². The molecule has 3 nitrogen and oxygen atoms in total. The second kappa shape index (κ2) is 2.67. The van der Waals surface area contributed by atoms with E-state index < -0.39 is 0 Å². The lowest BCUT2D eigenvalue weighted by molar-refractivity contribution is 1.21. The molecule has 0 atom stereocenters. The predicted molar refractivity (Wildman–Crippen MR) is 46.0 cm³/mol. The largest absolute Gasteiger partial charge is 0.280 e. The maximum absolute atomic E-state index is 8.36. The Morgan fingerprint density at radius 1 is 1.42 bits per heavy atom. The third kappa shape index (κ3) is 1.04. The Hall–Kier alpha value is -1.82. The number of para-hydroxylation sites is 1. The van der Waals surface area contributed by atoms with E-state index in [1.54, 1.807) is 0 Å². The molecule has 0 amide bonds. The first kappa shape index (κ1) is 6.86. The fourth-order valence-electron chi connectivity index (χ4n) is 1.27. The number of hydrogen-bond donors (Lipinski definition) is 1. The Labute approximate surface area is 70.4 Å². The summed E-state index contributed by atoms with van der Waals surface area (Å²) in [5.74, 6) is 0.735. The molecule has 0 aliphatic carbocycles. The van der Waals surface area contributed by atoms with Crippen molar-refractivity contribution in [1.82, 2.24) is 5.32 Å². The molecule has 0 unspecified atom stereocenters. The fourth-order valence-corrected chi connectivity index (χ4v) is 1.27. The van der Waals surface area contributed by atoms with Gasteiger partial charge in [0.2, 0.25) is 0 Å². The van der Waals surface area contributed by atoms with E-state index in [2.05, 4.69) is 10.3 Å². The Morgan fingerprint density at radius 3 is 3.00 bits per heavy atom. The van der Waals surface area contributed by atoms with Gasteiger partial charge in [-0.3, -0.25) is 5.32 Å². The number of benzene rings is 1. The summed E-state index contributed by atoms with van der Waals surface area (Å²) in [4.78, 5) is 4.22. The molecule has 0 fully saturated rings. The summed E-state index contributed by atoms with van der Waals surface area (Å²) in [5, 5.41) is 10.9. The average molecular weight is 157 g/mol. The van der Waals surface area contributed by atoms with Crippen LogP contribution in [0.2, 0.25) is 0 Å². The van der Waals surface area contributed by atoms with Crippen molar-refractivity contribution in [3.8, 4) is 6.19 Å². The van der Waals surface area contributed by atoms with Gasteiger partial charge in [-0.1, -0.05) is 18.2 Å². The first-order chi connectivity index (χ1) is 5.90. The zero-order valence-corrected chi connectivity index (χ0v) is 6.41. The molecule has 1 N–H and O–H groups in total. The minimum Gasteiger partial charge on any atom is -0.280 e. The normalized spacial score (nSPS) is 13.1. The molecule has 3 heteroatoms. The quantitative estimate of drug-likeness (QED) is 0.456. The van der Waals surface area contributed by atoms with Gasteiger partial charge in [0.25, 0.3) is 0 Å². The second-order valence-electron chi connectivity index (χ2n) is 2.60. The van der Waals surface area contributed by atoms with E-state index >= 15 is 0 Å². The zero-order valence-electron chi connectivity index (χ0n) is 6.41. The van der Waals surface area contributed by atoms with Crippen LogP contribution in [0.3, 0.4) is 0 Å². The predicted octanol–water partition coefficient (Wildman–Crippen LogP) is 1.34. The highest BCUT2D eigenvalue weighted by molar-refractivity contribution is 5.92. The lowest BCUT2D eigenvalue weighted by atomic mass is 10.1. The Kier molecular flexibility index (Phi) is 1.52. The van der Waals surface area contributed by atoms with Crippen LogP contribution in [0.1, 0.15) is 5.56 Å². The molecule has 0 saturated heterocycles. The molecule has 0 aromatic heterocycles. The molecule has 58 valence electrons. The monoisotopic (exact) mass is 157 g/mol. The molecule has 0 spiro atoms. The van der Waals surface area contributed by atoms with E-state index in [0.717, 1.165) is 17.9 Å². The second-order valence-corrected chi connectivity index (χ2v) is 2.60. The number of aliphatic imine (C=N–C) groups is 1.